The van der Waals surface area contributed by atoms with Crippen molar-refractivity contribution in [2.75, 3.05) is 46.6 Å². The van der Waals surface area contributed by atoms with Gasteiger partial charge in [0.2, 0.25) is 10.0 Å². The van der Waals surface area contributed by atoms with Gasteiger partial charge in [0.05, 0.1) is 57.2 Å². The summed E-state index contributed by atoms with van der Waals surface area (Å²) in [5.74, 6) is 0.0215. The highest BCUT2D eigenvalue weighted by Gasteiger charge is 2.43. The Morgan fingerprint density at radius 2 is 1.93 bits per heavy atom. The summed E-state index contributed by atoms with van der Waals surface area (Å²) >= 11 is 0. The van der Waals surface area contributed by atoms with Crippen molar-refractivity contribution in [1.82, 2.24) is 9.31 Å². The van der Waals surface area contributed by atoms with Gasteiger partial charge in [-0.2, -0.15) is 9.41 Å². The first kappa shape index (κ1) is 22.5. The molecule has 2 saturated heterocycles. The van der Waals surface area contributed by atoms with E-state index in [2.05, 4.69) is 12.0 Å². The van der Waals surface area contributed by atoms with Gasteiger partial charge in [0.25, 0.3) is 0 Å². The molecule has 0 amide bonds. The van der Waals surface area contributed by atoms with Crippen LogP contribution in [0.15, 0.2) is 34.3 Å². The number of carbonyl (C=O) groups is 1. The molecule has 3 rings (SSSR count). The fourth-order valence-corrected chi connectivity index (χ4v) is 4.94. The first-order valence-corrected chi connectivity index (χ1v) is 11.6. The van der Waals surface area contributed by atoms with Gasteiger partial charge in [-0.15, -0.1) is 0 Å². The van der Waals surface area contributed by atoms with Crippen LogP contribution in [0.5, 0.6) is 5.75 Å². The molecule has 30 heavy (non-hydrogen) atoms. The van der Waals surface area contributed by atoms with E-state index in [0.29, 0.717) is 44.4 Å². The highest BCUT2D eigenvalue weighted by Crippen LogP contribution is 2.27. The molecule has 1 aromatic carbocycles. The van der Waals surface area contributed by atoms with Gasteiger partial charge in [-0.3, -0.25) is 9.80 Å². The number of benzene rings is 1. The Balaban J connectivity index is 1.79. The molecule has 0 bridgehead atoms. The third-order valence-corrected chi connectivity index (χ3v) is 6.92. The predicted octanol–water partition coefficient (Wildman–Crippen LogP) is 1.49. The molecule has 0 aliphatic carbocycles. The Morgan fingerprint density at radius 1 is 1.23 bits per heavy atom. The minimum Gasteiger partial charge on any atom is -0.494 e. The largest absolute Gasteiger partial charge is 0.494 e. The van der Waals surface area contributed by atoms with Gasteiger partial charge in [0, 0.05) is 6.42 Å². The summed E-state index contributed by atoms with van der Waals surface area (Å²) in [6.07, 6.45) is 2.16. The zero-order valence-corrected chi connectivity index (χ0v) is 18.3. The lowest BCUT2D eigenvalue weighted by molar-refractivity contribution is -0.144. The fraction of sp³-hybridized carbons (Fsp3) is 0.600. The Morgan fingerprint density at radius 3 is 2.57 bits per heavy atom. The van der Waals surface area contributed by atoms with E-state index in [9.17, 15) is 13.2 Å². The first-order chi connectivity index (χ1) is 14.5. The maximum Gasteiger partial charge on any atom is 0.324 e. The van der Waals surface area contributed by atoms with E-state index < -0.39 is 22.0 Å². The second-order valence-corrected chi connectivity index (χ2v) is 9.09. The number of morpholine rings is 1. The maximum atomic E-state index is 13.3. The van der Waals surface area contributed by atoms with Crippen LogP contribution in [0.2, 0.25) is 0 Å². The average Bonchev–Trinajstić information content (AvgIpc) is 3.19. The Labute approximate surface area is 177 Å². The molecule has 1 aromatic rings. The molecule has 0 aromatic heterocycles. The van der Waals surface area contributed by atoms with E-state index in [1.54, 1.807) is 12.1 Å². The number of nitrogens with zero attached hydrogens (tertiary/aromatic N) is 3. The second-order valence-electron chi connectivity index (χ2n) is 7.20. The van der Waals surface area contributed by atoms with E-state index in [4.69, 9.17) is 14.2 Å². The smallest absolute Gasteiger partial charge is 0.324 e. The first-order valence-electron chi connectivity index (χ1n) is 10.2. The van der Waals surface area contributed by atoms with Gasteiger partial charge >= 0.3 is 5.97 Å². The summed E-state index contributed by atoms with van der Waals surface area (Å²) in [7, 11) is -2.65. The van der Waals surface area contributed by atoms with Gasteiger partial charge in [-0.05, 0) is 30.7 Å². The lowest BCUT2D eigenvalue weighted by Crippen LogP contribution is -2.41. The van der Waals surface area contributed by atoms with Gasteiger partial charge in [0.1, 0.15) is 11.8 Å². The third-order valence-electron chi connectivity index (χ3n) is 5.06. The molecule has 10 heteroatoms. The highest BCUT2D eigenvalue weighted by atomic mass is 32.2. The Bertz CT molecular complexity index is 850. The summed E-state index contributed by atoms with van der Waals surface area (Å²) in [4.78, 5) is 12.4. The molecule has 0 radical (unpaired) electrons. The number of esters is 1. The van der Waals surface area contributed by atoms with Crippen molar-refractivity contribution in [3.63, 3.8) is 0 Å². The van der Waals surface area contributed by atoms with E-state index >= 15 is 0 Å². The number of methoxy groups -OCH3 is 1. The Hall–Kier alpha value is -2.17. The number of unbranched alkanes of at least 4 members (excludes halogenated alkanes) is 1. The second kappa shape index (κ2) is 10.2. The van der Waals surface area contributed by atoms with Crippen molar-refractivity contribution in [3.8, 4) is 5.75 Å². The van der Waals surface area contributed by atoms with Gasteiger partial charge in [-0.25, -0.2) is 8.42 Å². The van der Waals surface area contributed by atoms with Crippen LogP contribution in [0.1, 0.15) is 26.2 Å². The molecule has 0 unspecified atom stereocenters. The van der Waals surface area contributed by atoms with Crippen molar-refractivity contribution in [1.29, 1.82) is 0 Å². The van der Waals surface area contributed by atoms with Gasteiger partial charge < -0.3 is 14.2 Å². The van der Waals surface area contributed by atoms with Crippen LogP contribution in [0.4, 0.5) is 0 Å². The highest BCUT2D eigenvalue weighted by molar-refractivity contribution is 7.89. The van der Waals surface area contributed by atoms with Crippen LogP contribution in [-0.2, 0) is 24.3 Å². The minimum absolute atomic E-state index is 0.0498. The SMILES string of the molecule is CCCCOc1ccc(S(=O)(=O)N2C/C(=N\N3CCOCC3)C[C@@H]2C(=O)OC)cc1. The molecule has 0 N–H and O–H groups in total. The monoisotopic (exact) mass is 439 g/mol. The minimum atomic E-state index is -3.91. The lowest BCUT2D eigenvalue weighted by Gasteiger charge is -2.24. The van der Waals surface area contributed by atoms with Crippen molar-refractivity contribution < 1.29 is 27.4 Å². The molecule has 1 atom stereocenters. The Kier molecular flexibility index (Phi) is 7.68. The summed E-state index contributed by atoms with van der Waals surface area (Å²) in [6.45, 7) is 5.13. The summed E-state index contributed by atoms with van der Waals surface area (Å²) in [5.41, 5.74) is 0.635. The molecular weight excluding hydrogens is 410 g/mol. The molecular formula is C20H29N3O6S. The molecule has 2 aliphatic rings. The lowest BCUT2D eigenvalue weighted by atomic mass is 10.2. The molecule has 0 saturated carbocycles. The topological polar surface area (TPSA) is 97.7 Å². The fourth-order valence-electron chi connectivity index (χ4n) is 3.37. The molecule has 0 spiro atoms. The number of hydrogen-bond donors (Lipinski definition) is 0. The number of hydrazone groups is 1. The van der Waals surface area contributed by atoms with Crippen molar-refractivity contribution in [2.24, 2.45) is 5.10 Å². The van der Waals surface area contributed by atoms with E-state index in [0.717, 1.165) is 12.8 Å². The third kappa shape index (κ3) is 5.30. The van der Waals surface area contributed by atoms with E-state index in [-0.39, 0.29) is 17.9 Å². The molecule has 2 aliphatic heterocycles. The predicted molar refractivity (Wildman–Crippen MR) is 111 cm³/mol. The van der Waals surface area contributed by atoms with Crippen molar-refractivity contribution in [2.45, 2.75) is 37.1 Å². The van der Waals surface area contributed by atoms with Gasteiger partial charge in [-0.1, -0.05) is 13.3 Å². The molecule has 166 valence electrons. The van der Waals surface area contributed by atoms with Crippen LogP contribution in [0.3, 0.4) is 0 Å². The summed E-state index contributed by atoms with van der Waals surface area (Å²) in [5, 5.41) is 6.40. The molecule has 9 nitrogen and oxygen atoms in total. The quantitative estimate of drug-likeness (QED) is 0.447. The number of ether oxygens (including phenoxy) is 3. The van der Waals surface area contributed by atoms with Crippen LogP contribution in [-0.4, -0.2) is 82.0 Å². The van der Waals surface area contributed by atoms with Crippen LogP contribution in [0, 0.1) is 0 Å². The molecule has 2 fully saturated rings. The van der Waals surface area contributed by atoms with Crippen LogP contribution < -0.4 is 4.74 Å². The average molecular weight is 440 g/mol. The van der Waals surface area contributed by atoms with E-state index in [1.807, 2.05) is 5.01 Å². The van der Waals surface area contributed by atoms with Crippen LogP contribution in [0.25, 0.3) is 0 Å². The standard InChI is InChI=1S/C20H29N3O6S/c1-3-4-11-29-17-5-7-18(8-6-17)30(25,26)23-15-16(14-19(23)20(24)27-2)21-22-9-12-28-13-10-22/h5-8,19H,3-4,9-15H2,1-2H3/b21-16-/t19-/m1/s1. The van der Waals surface area contributed by atoms with Crippen molar-refractivity contribution >= 4 is 21.7 Å². The number of carbonyl (C=O) groups excluding carboxylic acids is 1. The van der Waals surface area contributed by atoms with Gasteiger partial charge in [0.15, 0.2) is 0 Å². The number of sulfonamides is 1. The van der Waals surface area contributed by atoms with Crippen LogP contribution >= 0.6 is 0 Å². The summed E-state index contributed by atoms with van der Waals surface area (Å²) < 4.78 is 43.5. The number of rotatable bonds is 8. The normalized spacial score (nSPS) is 21.7. The molecule has 2 heterocycles. The number of hydrogen-bond acceptors (Lipinski definition) is 8. The maximum absolute atomic E-state index is 13.3. The zero-order valence-electron chi connectivity index (χ0n) is 17.5. The van der Waals surface area contributed by atoms with Crippen molar-refractivity contribution in [3.05, 3.63) is 24.3 Å². The zero-order chi connectivity index (χ0) is 21.6. The van der Waals surface area contributed by atoms with E-state index in [1.165, 1.54) is 23.5 Å². The summed E-state index contributed by atoms with van der Waals surface area (Å²) in [6, 6.07) is 5.34.